The second kappa shape index (κ2) is 8.25. The average molecular weight is 349 g/mol. The van der Waals surface area contributed by atoms with Crippen LogP contribution in [0.5, 0.6) is 0 Å². The lowest BCUT2D eigenvalue weighted by Gasteiger charge is -2.24. The number of carbonyl (C=O) groups is 1. The summed E-state index contributed by atoms with van der Waals surface area (Å²) in [5, 5.41) is 3.00. The van der Waals surface area contributed by atoms with Crippen LogP contribution in [0.4, 0.5) is 9.18 Å². The third kappa shape index (κ3) is 4.45. The Morgan fingerprint density at radius 1 is 1.04 bits per heavy atom. The number of urea groups is 1. The van der Waals surface area contributed by atoms with Crippen molar-refractivity contribution in [2.45, 2.75) is 12.6 Å². The van der Waals surface area contributed by atoms with E-state index in [4.69, 9.17) is 0 Å². The van der Waals surface area contributed by atoms with Gasteiger partial charge in [-0.15, -0.1) is 0 Å². The molecule has 26 heavy (non-hydrogen) atoms. The van der Waals surface area contributed by atoms with Gasteiger partial charge in [0.2, 0.25) is 0 Å². The highest BCUT2D eigenvalue weighted by atomic mass is 19.1. The molecule has 0 spiro atoms. The highest BCUT2D eigenvalue weighted by Gasteiger charge is 2.19. The Labute approximate surface area is 152 Å². The lowest BCUT2D eigenvalue weighted by molar-refractivity contribution is 0.204. The van der Waals surface area contributed by atoms with E-state index in [0.29, 0.717) is 12.1 Å². The van der Waals surface area contributed by atoms with Crippen LogP contribution in [0.3, 0.4) is 0 Å². The Balaban J connectivity index is 1.80. The van der Waals surface area contributed by atoms with E-state index in [0.717, 1.165) is 11.1 Å². The monoisotopic (exact) mass is 349 g/mol. The summed E-state index contributed by atoms with van der Waals surface area (Å²) in [5.41, 5.74) is 2.57. The number of pyridine rings is 1. The molecule has 132 valence electrons. The summed E-state index contributed by atoms with van der Waals surface area (Å²) in [6, 6.07) is 18.9. The standard InChI is InChI=1S/C21H20FN3O/c1-25(15-16-10-12-23-13-11-16)21(26)24-20(17-6-3-2-4-7-17)18-8-5-9-19(22)14-18/h2-14,20H,15H2,1H3,(H,24,26)/t20-/m1/s1. The molecule has 5 heteroatoms. The Kier molecular flexibility index (Phi) is 5.59. The molecule has 0 radical (unpaired) electrons. The van der Waals surface area contributed by atoms with Gasteiger partial charge < -0.3 is 10.2 Å². The zero-order valence-electron chi connectivity index (χ0n) is 14.5. The first-order valence-corrected chi connectivity index (χ1v) is 8.34. The van der Waals surface area contributed by atoms with Crippen molar-refractivity contribution >= 4 is 6.03 Å². The second-order valence-corrected chi connectivity index (χ2v) is 6.06. The second-order valence-electron chi connectivity index (χ2n) is 6.06. The van der Waals surface area contributed by atoms with Gasteiger partial charge in [-0.05, 0) is 41.0 Å². The highest BCUT2D eigenvalue weighted by molar-refractivity contribution is 5.75. The van der Waals surface area contributed by atoms with Gasteiger partial charge in [-0.1, -0.05) is 42.5 Å². The van der Waals surface area contributed by atoms with Gasteiger partial charge in [0.25, 0.3) is 0 Å². The number of hydrogen-bond donors (Lipinski definition) is 1. The topological polar surface area (TPSA) is 45.2 Å². The summed E-state index contributed by atoms with van der Waals surface area (Å²) < 4.78 is 13.7. The number of hydrogen-bond acceptors (Lipinski definition) is 2. The maximum absolute atomic E-state index is 13.7. The van der Waals surface area contributed by atoms with E-state index in [1.807, 2.05) is 48.5 Å². The van der Waals surface area contributed by atoms with E-state index in [1.54, 1.807) is 30.4 Å². The van der Waals surface area contributed by atoms with Crippen LogP contribution >= 0.6 is 0 Å². The van der Waals surface area contributed by atoms with Crippen molar-refractivity contribution < 1.29 is 9.18 Å². The smallest absolute Gasteiger partial charge is 0.318 e. The molecular formula is C21H20FN3O. The van der Waals surface area contributed by atoms with Gasteiger partial charge in [0, 0.05) is 26.0 Å². The van der Waals surface area contributed by atoms with Gasteiger partial charge >= 0.3 is 6.03 Å². The highest BCUT2D eigenvalue weighted by Crippen LogP contribution is 2.23. The predicted octanol–water partition coefficient (Wildman–Crippen LogP) is 4.15. The fraction of sp³-hybridized carbons (Fsp3) is 0.143. The van der Waals surface area contributed by atoms with Crippen molar-refractivity contribution in [2.24, 2.45) is 0 Å². The Hall–Kier alpha value is -3.21. The fourth-order valence-electron chi connectivity index (χ4n) is 2.76. The van der Waals surface area contributed by atoms with E-state index in [2.05, 4.69) is 10.3 Å². The molecule has 1 atom stereocenters. The lowest BCUT2D eigenvalue weighted by atomic mass is 9.99. The molecule has 0 aliphatic rings. The lowest BCUT2D eigenvalue weighted by Crippen LogP contribution is -2.39. The van der Waals surface area contributed by atoms with Crippen LogP contribution in [0, 0.1) is 5.82 Å². The van der Waals surface area contributed by atoms with Crippen molar-refractivity contribution in [3.05, 3.63) is 102 Å². The van der Waals surface area contributed by atoms with Crippen LogP contribution in [-0.2, 0) is 6.54 Å². The summed E-state index contributed by atoms with van der Waals surface area (Å²) in [6.07, 6.45) is 3.39. The number of amides is 2. The molecule has 0 aliphatic heterocycles. The van der Waals surface area contributed by atoms with Crippen molar-refractivity contribution in [3.63, 3.8) is 0 Å². The van der Waals surface area contributed by atoms with Gasteiger partial charge in [0.1, 0.15) is 5.82 Å². The number of nitrogens with one attached hydrogen (secondary N) is 1. The third-order valence-electron chi connectivity index (χ3n) is 4.10. The molecule has 0 bridgehead atoms. The Morgan fingerprint density at radius 2 is 1.73 bits per heavy atom. The SMILES string of the molecule is CN(Cc1ccncc1)C(=O)N[C@H](c1ccccc1)c1cccc(F)c1. The molecule has 1 aromatic heterocycles. The molecule has 0 unspecified atom stereocenters. The van der Waals surface area contributed by atoms with Crippen LogP contribution in [0.1, 0.15) is 22.7 Å². The van der Waals surface area contributed by atoms with Gasteiger partial charge in [-0.25, -0.2) is 9.18 Å². The number of carbonyl (C=O) groups excluding carboxylic acids is 1. The van der Waals surface area contributed by atoms with Gasteiger partial charge in [0.05, 0.1) is 6.04 Å². The normalized spacial score (nSPS) is 11.6. The van der Waals surface area contributed by atoms with Crippen LogP contribution in [0.15, 0.2) is 79.1 Å². The first-order chi connectivity index (χ1) is 12.6. The van der Waals surface area contributed by atoms with E-state index < -0.39 is 6.04 Å². The predicted molar refractivity (Wildman–Crippen MR) is 98.9 cm³/mol. The number of benzene rings is 2. The first kappa shape index (κ1) is 17.6. The largest absolute Gasteiger partial charge is 0.327 e. The summed E-state index contributed by atoms with van der Waals surface area (Å²) in [4.78, 5) is 18.3. The molecule has 3 aromatic rings. The molecule has 0 fully saturated rings. The molecule has 4 nitrogen and oxygen atoms in total. The molecule has 3 rings (SSSR count). The van der Waals surface area contributed by atoms with Crippen LogP contribution in [-0.4, -0.2) is 23.0 Å². The van der Waals surface area contributed by atoms with Gasteiger partial charge in [0.15, 0.2) is 0 Å². The molecule has 0 aliphatic carbocycles. The number of nitrogens with zero attached hydrogens (tertiary/aromatic N) is 2. The van der Waals surface area contributed by atoms with E-state index >= 15 is 0 Å². The van der Waals surface area contributed by atoms with Gasteiger partial charge in [-0.3, -0.25) is 4.98 Å². The fourth-order valence-corrected chi connectivity index (χ4v) is 2.76. The zero-order chi connectivity index (χ0) is 18.4. The van der Waals surface area contributed by atoms with E-state index in [9.17, 15) is 9.18 Å². The molecule has 2 amide bonds. The number of aromatic nitrogens is 1. The summed E-state index contributed by atoms with van der Waals surface area (Å²) in [7, 11) is 1.73. The third-order valence-corrected chi connectivity index (χ3v) is 4.10. The minimum atomic E-state index is -0.431. The maximum Gasteiger partial charge on any atom is 0.318 e. The molecular weight excluding hydrogens is 329 g/mol. The first-order valence-electron chi connectivity index (χ1n) is 8.34. The van der Waals surface area contributed by atoms with Crippen LogP contribution in [0.25, 0.3) is 0 Å². The average Bonchev–Trinajstić information content (AvgIpc) is 2.67. The zero-order valence-corrected chi connectivity index (χ0v) is 14.5. The quantitative estimate of drug-likeness (QED) is 0.752. The molecule has 0 saturated carbocycles. The Bertz CT molecular complexity index is 855. The van der Waals surface area contributed by atoms with Crippen molar-refractivity contribution in [1.82, 2.24) is 15.2 Å². The van der Waals surface area contributed by atoms with E-state index in [-0.39, 0.29) is 11.8 Å². The number of halogens is 1. The maximum atomic E-state index is 13.7. The summed E-state index contributed by atoms with van der Waals surface area (Å²) >= 11 is 0. The van der Waals surface area contributed by atoms with Crippen molar-refractivity contribution in [3.8, 4) is 0 Å². The van der Waals surface area contributed by atoms with Crippen molar-refractivity contribution in [2.75, 3.05) is 7.05 Å². The molecule has 1 N–H and O–H groups in total. The minimum absolute atomic E-state index is 0.236. The molecule has 0 saturated heterocycles. The number of rotatable bonds is 5. The van der Waals surface area contributed by atoms with Crippen molar-refractivity contribution in [1.29, 1.82) is 0 Å². The molecule has 2 aromatic carbocycles. The Morgan fingerprint density at radius 3 is 2.42 bits per heavy atom. The molecule has 1 heterocycles. The van der Waals surface area contributed by atoms with E-state index in [1.165, 1.54) is 12.1 Å². The van der Waals surface area contributed by atoms with Gasteiger partial charge in [-0.2, -0.15) is 0 Å². The minimum Gasteiger partial charge on any atom is -0.327 e. The summed E-state index contributed by atoms with van der Waals surface area (Å²) in [6.45, 7) is 0.457. The summed E-state index contributed by atoms with van der Waals surface area (Å²) in [5.74, 6) is -0.331. The van der Waals surface area contributed by atoms with Crippen LogP contribution < -0.4 is 5.32 Å². The van der Waals surface area contributed by atoms with Crippen LogP contribution in [0.2, 0.25) is 0 Å².